The van der Waals surface area contributed by atoms with Crippen LogP contribution in [0.4, 0.5) is 0 Å². The van der Waals surface area contributed by atoms with Gasteiger partial charge in [-0.15, -0.1) is 0 Å². The van der Waals surface area contributed by atoms with E-state index in [1.165, 1.54) is 44.1 Å². The van der Waals surface area contributed by atoms with Crippen LogP contribution >= 0.6 is 0 Å². The van der Waals surface area contributed by atoms with Gasteiger partial charge >= 0.3 is 0 Å². The molecule has 33 heavy (non-hydrogen) atoms. The van der Waals surface area contributed by atoms with E-state index >= 15 is 0 Å². The van der Waals surface area contributed by atoms with Gasteiger partial charge in [-0.05, 0) is 36.2 Å². The fourth-order valence-electron chi connectivity index (χ4n) is 3.89. The van der Waals surface area contributed by atoms with E-state index in [1.54, 1.807) is 0 Å². The Bertz CT molecular complexity index is 810. The molecule has 176 valence electrons. The smallest absolute Gasteiger partial charge is 0.264 e. The first kappa shape index (κ1) is 24.9. The molecule has 0 saturated heterocycles. The van der Waals surface area contributed by atoms with Crippen LogP contribution < -0.4 is 9.47 Å². The minimum atomic E-state index is -0.532. The van der Waals surface area contributed by atoms with Gasteiger partial charge in [0.05, 0.1) is 6.10 Å². The van der Waals surface area contributed by atoms with E-state index in [0.717, 1.165) is 24.3 Å². The molecule has 0 bridgehead atoms. The first-order valence-electron chi connectivity index (χ1n) is 12.4. The normalized spacial score (nSPS) is 11.9. The summed E-state index contributed by atoms with van der Waals surface area (Å²) in [5.74, 6) is 1.54. The Kier molecular flexibility index (Phi) is 11.4. The summed E-state index contributed by atoms with van der Waals surface area (Å²) >= 11 is 0. The molecule has 3 rings (SSSR count). The lowest BCUT2D eigenvalue weighted by Crippen LogP contribution is -2.30. The molecular formula is C30H38O3. The molecule has 0 aliphatic heterocycles. The van der Waals surface area contributed by atoms with Gasteiger partial charge in [-0.1, -0.05) is 119 Å². The minimum Gasteiger partial charge on any atom is -0.452 e. The van der Waals surface area contributed by atoms with Gasteiger partial charge in [-0.25, -0.2) is 0 Å². The van der Waals surface area contributed by atoms with Crippen molar-refractivity contribution in [3.05, 3.63) is 96.6 Å². The molecule has 3 heteroatoms. The predicted octanol–water partition coefficient (Wildman–Crippen LogP) is 8.37. The van der Waals surface area contributed by atoms with Crippen molar-refractivity contribution >= 4 is 0 Å². The Morgan fingerprint density at radius 1 is 0.576 bits per heavy atom. The largest absolute Gasteiger partial charge is 0.452 e. The molecule has 3 aromatic rings. The molecular weight excluding hydrogens is 408 g/mol. The molecule has 0 N–H and O–H groups in total. The third kappa shape index (κ3) is 9.71. The predicted molar refractivity (Wildman–Crippen MR) is 136 cm³/mol. The molecule has 3 nitrogen and oxygen atoms in total. The second kappa shape index (κ2) is 15.1. The van der Waals surface area contributed by atoms with E-state index in [1.807, 2.05) is 66.7 Å². The highest BCUT2D eigenvalue weighted by molar-refractivity contribution is 5.23. The molecule has 0 saturated carbocycles. The minimum absolute atomic E-state index is 0.0306. The topological polar surface area (TPSA) is 27.7 Å². The van der Waals surface area contributed by atoms with E-state index in [4.69, 9.17) is 14.2 Å². The summed E-state index contributed by atoms with van der Waals surface area (Å²) in [6.45, 7) is 2.61. The Labute approximate surface area is 199 Å². The lowest BCUT2D eigenvalue weighted by Gasteiger charge is -2.24. The molecule has 0 amide bonds. The summed E-state index contributed by atoms with van der Waals surface area (Å²) in [6.07, 6.45) is 9.54. The number of hydrogen-bond acceptors (Lipinski definition) is 3. The van der Waals surface area contributed by atoms with Gasteiger partial charge in [-0.3, -0.25) is 0 Å². The highest BCUT2D eigenvalue weighted by atomic mass is 16.7. The standard InChI is InChI=1S/C30H38O3/c1-2-3-4-5-6-7-17-24-29(26-18-11-8-12-19-26)31-25-30(32-27-20-13-9-14-21-27)33-28-22-15-10-16-23-28/h8-16,18-23,29-30H,2-7,17,24-25H2,1H3. The van der Waals surface area contributed by atoms with E-state index in [9.17, 15) is 0 Å². The Morgan fingerprint density at radius 3 is 1.61 bits per heavy atom. The number of hydrogen-bond donors (Lipinski definition) is 0. The van der Waals surface area contributed by atoms with Gasteiger partial charge in [0.25, 0.3) is 6.29 Å². The van der Waals surface area contributed by atoms with Gasteiger partial charge in [0.1, 0.15) is 18.1 Å². The van der Waals surface area contributed by atoms with Crippen LogP contribution in [0, 0.1) is 0 Å². The Morgan fingerprint density at radius 2 is 1.06 bits per heavy atom. The molecule has 0 aliphatic carbocycles. The van der Waals surface area contributed by atoms with E-state index in [-0.39, 0.29) is 6.10 Å². The molecule has 3 aromatic carbocycles. The van der Waals surface area contributed by atoms with Crippen molar-refractivity contribution < 1.29 is 14.2 Å². The average molecular weight is 447 g/mol. The molecule has 0 fully saturated rings. The molecule has 0 aromatic heterocycles. The van der Waals surface area contributed by atoms with Crippen molar-refractivity contribution in [1.82, 2.24) is 0 Å². The van der Waals surface area contributed by atoms with Crippen LogP contribution in [0.3, 0.4) is 0 Å². The van der Waals surface area contributed by atoms with E-state index < -0.39 is 6.29 Å². The fraction of sp³-hybridized carbons (Fsp3) is 0.400. The number of rotatable bonds is 16. The lowest BCUT2D eigenvalue weighted by molar-refractivity contribution is -0.0849. The van der Waals surface area contributed by atoms with Crippen LogP contribution in [0.15, 0.2) is 91.0 Å². The van der Waals surface area contributed by atoms with Gasteiger partial charge in [0.2, 0.25) is 0 Å². The molecule has 1 atom stereocenters. The lowest BCUT2D eigenvalue weighted by atomic mass is 10.0. The Hall–Kier alpha value is -2.78. The monoisotopic (exact) mass is 446 g/mol. The zero-order chi connectivity index (χ0) is 23.0. The Balaban J connectivity index is 1.59. The van der Waals surface area contributed by atoms with Crippen molar-refractivity contribution in [3.63, 3.8) is 0 Å². The van der Waals surface area contributed by atoms with Crippen LogP contribution in [0.25, 0.3) is 0 Å². The fourth-order valence-corrected chi connectivity index (χ4v) is 3.89. The summed E-state index contributed by atoms with van der Waals surface area (Å²) in [7, 11) is 0. The second-order valence-corrected chi connectivity index (χ2v) is 8.43. The van der Waals surface area contributed by atoms with Crippen LogP contribution in [-0.4, -0.2) is 12.9 Å². The average Bonchev–Trinajstić information content (AvgIpc) is 2.87. The molecule has 0 aliphatic rings. The van der Waals surface area contributed by atoms with Crippen LogP contribution in [0.1, 0.15) is 70.0 Å². The van der Waals surface area contributed by atoms with Gasteiger partial charge in [0.15, 0.2) is 0 Å². The van der Waals surface area contributed by atoms with Crippen molar-refractivity contribution in [2.24, 2.45) is 0 Å². The maximum absolute atomic E-state index is 6.43. The van der Waals surface area contributed by atoms with Gasteiger partial charge in [-0.2, -0.15) is 0 Å². The summed E-state index contributed by atoms with van der Waals surface area (Å²) in [4.78, 5) is 0. The highest BCUT2D eigenvalue weighted by Gasteiger charge is 2.18. The second-order valence-electron chi connectivity index (χ2n) is 8.43. The van der Waals surface area contributed by atoms with Crippen LogP contribution in [0.5, 0.6) is 11.5 Å². The molecule has 0 radical (unpaired) electrons. The third-order valence-electron chi connectivity index (χ3n) is 5.70. The molecule has 0 heterocycles. The maximum Gasteiger partial charge on any atom is 0.264 e. The van der Waals surface area contributed by atoms with Crippen molar-refractivity contribution in [2.75, 3.05) is 6.61 Å². The summed E-state index contributed by atoms with van der Waals surface area (Å²) < 4.78 is 18.7. The van der Waals surface area contributed by atoms with Crippen molar-refractivity contribution in [3.8, 4) is 11.5 Å². The first-order valence-corrected chi connectivity index (χ1v) is 12.4. The molecule has 1 unspecified atom stereocenters. The molecule has 0 spiro atoms. The van der Waals surface area contributed by atoms with E-state index in [0.29, 0.717) is 6.61 Å². The zero-order valence-corrected chi connectivity index (χ0v) is 19.9. The van der Waals surface area contributed by atoms with Crippen LogP contribution in [0.2, 0.25) is 0 Å². The zero-order valence-electron chi connectivity index (χ0n) is 19.9. The maximum atomic E-state index is 6.43. The number of benzene rings is 3. The first-order chi connectivity index (χ1) is 16.3. The number of para-hydroxylation sites is 2. The van der Waals surface area contributed by atoms with Crippen LogP contribution in [-0.2, 0) is 4.74 Å². The highest BCUT2D eigenvalue weighted by Crippen LogP contribution is 2.26. The van der Waals surface area contributed by atoms with Gasteiger partial charge in [0, 0.05) is 0 Å². The quantitative estimate of drug-likeness (QED) is 0.163. The SMILES string of the molecule is CCCCCCCCCC(OCC(Oc1ccccc1)Oc1ccccc1)c1ccccc1. The third-order valence-corrected chi connectivity index (χ3v) is 5.70. The summed E-state index contributed by atoms with van der Waals surface area (Å²) in [6, 6.07) is 30.1. The van der Waals surface area contributed by atoms with Crippen molar-refractivity contribution in [2.45, 2.75) is 70.7 Å². The van der Waals surface area contributed by atoms with E-state index in [2.05, 4.69) is 31.2 Å². The van der Waals surface area contributed by atoms with Crippen molar-refractivity contribution in [1.29, 1.82) is 0 Å². The summed E-state index contributed by atoms with van der Waals surface area (Å²) in [5.41, 5.74) is 1.21. The van der Waals surface area contributed by atoms with Gasteiger partial charge < -0.3 is 14.2 Å². The number of ether oxygens (including phenoxy) is 3. The summed E-state index contributed by atoms with van der Waals surface area (Å²) in [5, 5.41) is 0. The number of unbranched alkanes of at least 4 members (excludes halogenated alkanes) is 6.